The number of anilines is 1. The molecule has 138 valence electrons. The van der Waals surface area contributed by atoms with Crippen LogP contribution in [0.15, 0.2) is 70.3 Å². The Bertz CT molecular complexity index is 903. The van der Waals surface area contributed by atoms with E-state index in [-0.39, 0.29) is 12.2 Å². The van der Waals surface area contributed by atoms with E-state index in [1.165, 1.54) is 0 Å². The summed E-state index contributed by atoms with van der Waals surface area (Å²) in [6, 6.07) is 18.6. The molecular weight excluding hydrogens is 408 g/mol. The standard InChI is InChI=1S/C21H19BrN2O3/c1-2-27-20(25)18(14-23)19-12-13-21(26,15-6-4-3-5-7-15)24(19)17-10-8-16(22)9-11-17/h3-11,26H,2,12-13H2,1H3. The van der Waals surface area contributed by atoms with Crippen LogP contribution in [0.1, 0.15) is 25.3 Å². The quantitative estimate of drug-likeness (QED) is 0.449. The van der Waals surface area contributed by atoms with Gasteiger partial charge in [0, 0.05) is 27.8 Å². The Balaban J connectivity index is 2.19. The predicted octanol–water partition coefficient (Wildman–Crippen LogP) is 4.24. The van der Waals surface area contributed by atoms with Gasteiger partial charge < -0.3 is 14.7 Å². The molecule has 1 unspecified atom stereocenters. The Morgan fingerprint density at radius 2 is 1.93 bits per heavy atom. The van der Waals surface area contributed by atoms with Gasteiger partial charge >= 0.3 is 5.97 Å². The lowest BCUT2D eigenvalue weighted by Crippen LogP contribution is -2.41. The number of rotatable bonds is 4. The SMILES string of the molecule is CCOC(=O)C(C#N)=C1CCC(O)(c2ccccc2)N1c1ccc(Br)cc1. The second-order valence-corrected chi connectivity index (χ2v) is 7.06. The summed E-state index contributed by atoms with van der Waals surface area (Å²) in [7, 11) is 0. The fourth-order valence-electron chi connectivity index (χ4n) is 3.35. The van der Waals surface area contributed by atoms with Crippen molar-refractivity contribution in [2.75, 3.05) is 11.5 Å². The van der Waals surface area contributed by atoms with Gasteiger partial charge in [-0.15, -0.1) is 0 Å². The van der Waals surface area contributed by atoms with Crippen LogP contribution < -0.4 is 4.90 Å². The van der Waals surface area contributed by atoms with Crippen LogP contribution in [-0.4, -0.2) is 17.7 Å². The summed E-state index contributed by atoms with van der Waals surface area (Å²) in [6.45, 7) is 1.87. The third-order valence-corrected chi connectivity index (χ3v) is 5.08. The molecule has 0 spiro atoms. The maximum atomic E-state index is 12.3. The maximum absolute atomic E-state index is 12.3. The molecule has 0 radical (unpaired) electrons. The second-order valence-electron chi connectivity index (χ2n) is 6.15. The summed E-state index contributed by atoms with van der Waals surface area (Å²) in [5, 5.41) is 21.2. The van der Waals surface area contributed by atoms with Crippen LogP contribution in [0.4, 0.5) is 5.69 Å². The topological polar surface area (TPSA) is 73.6 Å². The molecule has 1 aliphatic heterocycles. The zero-order valence-corrected chi connectivity index (χ0v) is 16.4. The molecule has 0 aliphatic carbocycles. The van der Waals surface area contributed by atoms with E-state index in [9.17, 15) is 15.2 Å². The van der Waals surface area contributed by atoms with Crippen molar-refractivity contribution in [1.82, 2.24) is 0 Å². The summed E-state index contributed by atoms with van der Waals surface area (Å²) in [6.07, 6.45) is 0.732. The molecular formula is C21H19BrN2O3. The third kappa shape index (κ3) is 3.61. The van der Waals surface area contributed by atoms with Crippen LogP contribution in [0.3, 0.4) is 0 Å². The van der Waals surface area contributed by atoms with Crippen LogP contribution in [0, 0.1) is 11.3 Å². The summed E-state index contributed by atoms with van der Waals surface area (Å²) < 4.78 is 5.94. The molecule has 27 heavy (non-hydrogen) atoms. The van der Waals surface area contributed by atoms with Crippen molar-refractivity contribution in [2.45, 2.75) is 25.5 Å². The summed E-state index contributed by atoms with van der Waals surface area (Å²) >= 11 is 3.41. The van der Waals surface area contributed by atoms with Gasteiger partial charge in [-0.3, -0.25) is 0 Å². The van der Waals surface area contributed by atoms with Crippen LogP contribution >= 0.6 is 15.9 Å². The van der Waals surface area contributed by atoms with Crippen molar-refractivity contribution in [3.63, 3.8) is 0 Å². The second kappa shape index (κ2) is 7.95. The Morgan fingerprint density at radius 3 is 2.52 bits per heavy atom. The van der Waals surface area contributed by atoms with Crippen LogP contribution in [0.2, 0.25) is 0 Å². The van der Waals surface area contributed by atoms with Gasteiger partial charge in [0.1, 0.15) is 6.07 Å². The number of nitrogens with zero attached hydrogens (tertiary/aromatic N) is 2. The van der Waals surface area contributed by atoms with Crippen molar-refractivity contribution in [1.29, 1.82) is 5.26 Å². The Labute approximate surface area is 166 Å². The number of hydrogen-bond acceptors (Lipinski definition) is 5. The predicted molar refractivity (Wildman–Crippen MR) is 105 cm³/mol. The first-order valence-electron chi connectivity index (χ1n) is 8.65. The minimum Gasteiger partial charge on any atom is -0.462 e. The summed E-state index contributed by atoms with van der Waals surface area (Å²) in [4.78, 5) is 14.0. The number of carbonyl (C=O) groups is 1. The largest absolute Gasteiger partial charge is 0.462 e. The Morgan fingerprint density at radius 1 is 1.26 bits per heavy atom. The lowest BCUT2D eigenvalue weighted by molar-refractivity contribution is -0.138. The minimum atomic E-state index is -1.36. The van der Waals surface area contributed by atoms with Gasteiger partial charge in [-0.05, 0) is 37.6 Å². The average Bonchev–Trinajstić information content (AvgIpc) is 3.02. The lowest BCUT2D eigenvalue weighted by atomic mass is 10.00. The lowest BCUT2D eigenvalue weighted by Gasteiger charge is -2.36. The zero-order chi connectivity index (χ0) is 19.4. The molecule has 1 aliphatic rings. The third-order valence-electron chi connectivity index (χ3n) is 4.55. The molecule has 5 nitrogen and oxygen atoms in total. The highest BCUT2D eigenvalue weighted by atomic mass is 79.9. The van der Waals surface area contributed by atoms with Crippen molar-refractivity contribution in [3.05, 3.63) is 75.9 Å². The molecule has 0 amide bonds. The number of hydrogen-bond donors (Lipinski definition) is 1. The van der Waals surface area contributed by atoms with Crippen molar-refractivity contribution in [2.24, 2.45) is 0 Å². The van der Waals surface area contributed by atoms with Gasteiger partial charge in [0.05, 0.1) is 6.61 Å². The number of halogens is 1. The molecule has 2 aromatic carbocycles. The van der Waals surface area contributed by atoms with Gasteiger partial charge in [0.25, 0.3) is 0 Å². The molecule has 3 rings (SSSR count). The molecule has 0 saturated carbocycles. The monoisotopic (exact) mass is 426 g/mol. The number of esters is 1. The maximum Gasteiger partial charge on any atom is 0.350 e. The highest BCUT2D eigenvalue weighted by Crippen LogP contribution is 2.46. The fourth-order valence-corrected chi connectivity index (χ4v) is 3.61. The first-order chi connectivity index (χ1) is 13.0. The number of aliphatic hydroxyl groups is 1. The molecule has 0 aromatic heterocycles. The first-order valence-corrected chi connectivity index (χ1v) is 9.44. The average molecular weight is 427 g/mol. The summed E-state index contributed by atoms with van der Waals surface area (Å²) in [5.41, 5.74) is 0.411. The van der Waals surface area contributed by atoms with Gasteiger partial charge in [0.15, 0.2) is 11.3 Å². The number of allylic oxidation sites excluding steroid dienone is 1. The number of benzene rings is 2. The molecule has 1 saturated heterocycles. The highest BCUT2D eigenvalue weighted by Gasteiger charge is 2.46. The van der Waals surface area contributed by atoms with E-state index in [0.29, 0.717) is 29.8 Å². The van der Waals surface area contributed by atoms with Crippen LogP contribution in [0.25, 0.3) is 0 Å². The van der Waals surface area contributed by atoms with Crippen molar-refractivity contribution in [3.8, 4) is 6.07 Å². The summed E-state index contributed by atoms with van der Waals surface area (Å²) in [5.74, 6) is -0.672. The van der Waals surface area contributed by atoms with Gasteiger partial charge in [0.2, 0.25) is 0 Å². The Hall–Kier alpha value is -2.62. The fraction of sp³-hybridized carbons (Fsp3) is 0.238. The normalized spacial score (nSPS) is 20.9. The van der Waals surface area contributed by atoms with E-state index in [4.69, 9.17) is 4.74 Å². The highest BCUT2D eigenvalue weighted by molar-refractivity contribution is 9.10. The molecule has 2 aromatic rings. The van der Waals surface area contributed by atoms with E-state index < -0.39 is 11.7 Å². The van der Waals surface area contributed by atoms with Crippen molar-refractivity contribution >= 4 is 27.6 Å². The van der Waals surface area contributed by atoms with Gasteiger partial charge in [-0.2, -0.15) is 5.26 Å². The number of carbonyl (C=O) groups excluding carboxylic acids is 1. The van der Waals surface area contributed by atoms with Crippen LogP contribution in [-0.2, 0) is 15.3 Å². The van der Waals surface area contributed by atoms with Gasteiger partial charge in [-0.25, -0.2) is 4.79 Å². The van der Waals surface area contributed by atoms with E-state index in [1.54, 1.807) is 11.8 Å². The van der Waals surface area contributed by atoms with E-state index in [0.717, 1.165) is 4.47 Å². The Kier molecular flexibility index (Phi) is 5.64. The molecule has 1 fully saturated rings. The van der Waals surface area contributed by atoms with E-state index in [1.807, 2.05) is 60.7 Å². The van der Waals surface area contributed by atoms with E-state index >= 15 is 0 Å². The molecule has 6 heteroatoms. The molecule has 1 heterocycles. The number of ether oxygens (including phenoxy) is 1. The van der Waals surface area contributed by atoms with Crippen LogP contribution in [0.5, 0.6) is 0 Å². The molecule has 1 atom stereocenters. The van der Waals surface area contributed by atoms with Crippen molar-refractivity contribution < 1.29 is 14.6 Å². The molecule has 0 bridgehead atoms. The minimum absolute atomic E-state index is 0.0772. The van der Waals surface area contributed by atoms with Gasteiger partial charge in [-0.1, -0.05) is 46.3 Å². The number of nitriles is 1. The van der Waals surface area contributed by atoms with E-state index in [2.05, 4.69) is 15.9 Å². The zero-order valence-electron chi connectivity index (χ0n) is 14.9. The first kappa shape index (κ1) is 19.2. The molecule has 1 N–H and O–H groups in total. The smallest absolute Gasteiger partial charge is 0.350 e.